The van der Waals surface area contributed by atoms with Gasteiger partial charge >= 0.3 is 0 Å². The molecule has 25 heavy (non-hydrogen) atoms. The molecule has 6 heteroatoms. The molecule has 1 N–H and O–H groups in total. The van der Waals surface area contributed by atoms with E-state index in [1.807, 2.05) is 29.6 Å². The molecule has 0 spiro atoms. The van der Waals surface area contributed by atoms with Crippen molar-refractivity contribution >= 4 is 28.8 Å². The van der Waals surface area contributed by atoms with Gasteiger partial charge in [-0.3, -0.25) is 9.59 Å². The fourth-order valence-electron chi connectivity index (χ4n) is 3.46. The first-order valence-corrected chi connectivity index (χ1v) is 9.37. The summed E-state index contributed by atoms with van der Waals surface area (Å²) in [7, 11) is 1.61. The molecule has 2 fully saturated rings. The van der Waals surface area contributed by atoms with Gasteiger partial charge in [-0.2, -0.15) is 11.3 Å². The van der Waals surface area contributed by atoms with Gasteiger partial charge in [0.2, 0.25) is 11.8 Å². The number of methoxy groups -OCH3 is 1. The lowest BCUT2D eigenvalue weighted by atomic mass is 10.1. The molecule has 130 valence electrons. The molecule has 1 aromatic heterocycles. The van der Waals surface area contributed by atoms with Crippen LogP contribution in [-0.4, -0.2) is 31.5 Å². The fraction of sp³-hybridized carbons (Fsp3) is 0.368. The Morgan fingerprint density at radius 2 is 2.08 bits per heavy atom. The van der Waals surface area contributed by atoms with Gasteiger partial charge in [-0.25, -0.2) is 0 Å². The largest absolute Gasteiger partial charge is 0.497 e. The Kier molecular flexibility index (Phi) is 4.21. The van der Waals surface area contributed by atoms with E-state index in [0.717, 1.165) is 17.9 Å². The summed E-state index contributed by atoms with van der Waals surface area (Å²) in [6.07, 6.45) is 1.26. The van der Waals surface area contributed by atoms with E-state index < -0.39 is 0 Å². The molecule has 0 radical (unpaired) electrons. The van der Waals surface area contributed by atoms with E-state index in [0.29, 0.717) is 18.9 Å². The Morgan fingerprint density at radius 1 is 1.28 bits per heavy atom. The molecule has 0 bridgehead atoms. The van der Waals surface area contributed by atoms with Crippen LogP contribution in [-0.2, 0) is 9.59 Å². The van der Waals surface area contributed by atoms with Crippen LogP contribution in [0.15, 0.2) is 41.1 Å². The minimum atomic E-state index is -0.120. The van der Waals surface area contributed by atoms with E-state index >= 15 is 0 Å². The van der Waals surface area contributed by atoms with E-state index in [-0.39, 0.29) is 23.8 Å². The molecule has 1 aromatic carbocycles. The third-order valence-electron chi connectivity index (χ3n) is 4.95. The van der Waals surface area contributed by atoms with Crippen molar-refractivity contribution in [3.63, 3.8) is 0 Å². The lowest BCUT2D eigenvalue weighted by molar-refractivity contribution is -0.123. The summed E-state index contributed by atoms with van der Waals surface area (Å²) in [6.45, 7) is 0.521. The molecule has 2 heterocycles. The number of carbonyl (C=O) groups excluding carboxylic acids is 2. The van der Waals surface area contributed by atoms with Gasteiger partial charge in [0.15, 0.2) is 0 Å². The van der Waals surface area contributed by atoms with Gasteiger partial charge in [0.25, 0.3) is 0 Å². The number of anilines is 1. The van der Waals surface area contributed by atoms with Crippen molar-refractivity contribution in [2.45, 2.75) is 24.8 Å². The second-order valence-electron chi connectivity index (χ2n) is 6.62. The number of hydrogen-bond donors (Lipinski definition) is 1. The average molecular weight is 356 g/mol. The first kappa shape index (κ1) is 16.1. The molecule has 2 aliphatic rings. The highest BCUT2D eigenvalue weighted by Gasteiger charge is 2.45. The van der Waals surface area contributed by atoms with Crippen LogP contribution in [0.5, 0.6) is 5.75 Å². The van der Waals surface area contributed by atoms with Gasteiger partial charge in [-0.05, 0) is 59.0 Å². The molecular weight excluding hydrogens is 336 g/mol. The maximum Gasteiger partial charge on any atom is 0.229 e. The topological polar surface area (TPSA) is 58.6 Å². The number of rotatable bonds is 5. The highest BCUT2D eigenvalue weighted by Crippen LogP contribution is 2.48. The minimum absolute atomic E-state index is 0.0423. The Labute approximate surface area is 150 Å². The highest BCUT2D eigenvalue weighted by atomic mass is 32.1. The number of nitrogens with zero attached hydrogens (tertiary/aromatic N) is 1. The number of ether oxygens (including phenoxy) is 1. The molecular formula is C19H20N2O3S. The molecule has 2 aromatic rings. The van der Waals surface area contributed by atoms with Crippen LogP contribution >= 0.6 is 11.3 Å². The van der Waals surface area contributed by atoms with Crippen LogP contribution in [0.1, 0.15) is 24.3 Å². The van der Waals surface area contributed by atoms with Crippen molar-refractivity contribution in [3.05, 3.63) is 46.7 Å². The Bertz CT molecular complexity index is 772. The quantitative estimate of drug-likeness (QED) is 0.896. The van der Waals surface area contributed by atoms with Gasteiger partial charge in [-0.1, -0.05) is 0 Å². The van der Waals surface area contributed by atoms with Crippen molar-refractivity contribution in [1.29, 1.82) is 0 Å². The zero-order valence-electron chi connectivity index (χ0n) is 14.0. The van der Waals surface area contributed by atoms with Gasteiger partial charge in [0.1, 0.15) is 5.75 Å². The summed E-state index contributed by atoms with van der Waals surface area (Å²) in [5.74, 6) is 1.28. The zero-order chi connectivity index (χ0) is 17.4. The summed E-state index contributed by atoms with van der Waals surface area (Å²) in [5, 5.41) is 7.22. The maximum atomic E-state index is 12.4. The van der Waals surface area contributed by atoms with Crippen LogP contribution < -0.4 is 15.0 Å². The second-order valence-corrected chi connectivity index (χ2v) is 7.40. The molecule has 4 rings (SSSR count). The van der Waals surface area contributed by atoms with E-state index in [4.69, 9.17) is 4.74 Å². The van der Waals surface area contributed by atoms with Crippen molar-refractivity contribution in [1.82, 2.24) is 5.32 Å². The Balaban J connectivity index is 1.35. The average Bonchev–Trinajstić information content (AvgIpc) is 3.07. The number of amides is 2. The molecule has 1 unspecified atom stereocenters. The monoisotopic (exact) mass is 356 g/mol. The summed E-state index contributed by atoms with van der Waals surface area (Å²) in [6, 6.07) is 9.38. The third-order valence-corrected chi connectivity index (χ3v) is 5.66. The SMILES string of the molecule is COc1ccc(N2CC(NC(=O)[C@@H]3C[C@H]3c3ccsc3)CC2=O)cc1. The number of carbonyl (C=O) groups is 2. The first-order chi connectivity index (χ1) is 12.2. The molecule has 5 nitrogen and oxygen atoms in total. The first-order valence-electron chi connectivity index (χ1n) is 8.42. The van der Waals surface area contributed by atoms with Gasteiger partial charge in [0.05, 0.1) is 13.2 Å². The summed E-state index contributed by atoms with van der Waals surface area (Å²) >= 11 is 1.66. The third kappa shape index (κ3) is 3.26. The predicted octanol–water partition coefficient (Wildman–Crippen LogP) is 2.78. The molecule has 2 amide bonds. The van der Waals surface area contributed by atoms with Crippen LogP contribution in [0, 0.1) is 5.92 Å². The lowest BCUT2D eigenvalue weighted by Crippen LogP contribution is -2.38. The number of nitrogens with one attached hydrogen (secondary N) is 1. The van der Waals surface area contributed by atoms with Crippen molar-refractivity contribution < 1.29 is 14.3 Å². The van der Waals surface area contributed by atoms with Crippen LogP contribution in [0.4, 0.5) is 5.69 Å². The van der Waals surface area contributed by atoms with E-state index in [1.54, 1.807) is 23.3 Å². The summed E-state index contributed by atoms with van der Waals surface area (Å²) < 4.78 is 5.15. The van der Waals surface area contributed by atoms with Gasteiger partial charge in [-0.15, -0.1) is 0 Å². The Hall–Kier alpha value is -2.34. The number of hydrogen-bond acceptors (Lipinski definition) is 4. The molecule has 1 aliphatic heterocycles. The smallest absolute Gasteiger partial charge is 0.229 e. The second kappa shape index (κ2) is 6.52. The van der Waals surface area contributed by atoms with E-state index in [9.17, 15) is 9.59 Å². The highest BCUT2D eigenvalue weighted by molar-refractivity contribution is 7.08. The van der Waals surface area contributed by atoms with E-state index in [2.05, 4.69) is 16.8 Å². The Morgan fingerprint density at radius 3 is 2.76 bits per heavy atom. The normalized spacial score (nSPS) is 25.1. The number of thiophene rings is 1. The van der Waals surface area contributed by atoms with Gasteiger partial charge < -0.3 is 15.0 Å². The molecule has 3 atom stereocenters. The number of benzene rings is 1. The summed E-state index contributed by atoms with van der Waals surface area (Å²) in [4.78, 5) is 26.5. The van der Waals surface area contributed by atoms with Gasteiger partial charge in [0, 0.05) is 24.6 Å². The maximum absolute atomic E-state index is 12.4. The molecule has 1 saturated carbocycles. The van der Waals surface area contributed by atoms with E-state index in [1.165, 1.54) is 5.56 Å². The van der Waals surface area contributed by atoms with Crippen LogP contribution in [0.2, 0.25) is 0 Å². The van der Waals surface area contributed by atoms with Crippen molar-refractivity contribution in [2.24, 2.45) is 5.92 Å². The minimum Gasteiger partial charge on any atom is -0.497 e. The predicted molar refractivity (Wildman–Crippen MR) is 97.1 cm³/mol. The summed E-state index contributed by atoms with van der Waals surface area (Å²) in [5.41, 5.74) is 2.10. The fourth-order valence-corrected chi connectivity index (χ4v) is 4.19. The van der Waals surface area contributed by atoms with Crippen molar-refractivity contribution in [2.75, 3.05) is 18.6 Å². The van der Waals surface area contributed by atoms with Crippen molar-refractivity contribution in [3.8, 4) is 5.75 Å². The lowest BCUT2D eigenvalue weighted by Gasteiger charge is -2.17. The molecule has 1 aliphatic carbocycles. The standard InChI is InChI=1S/C19H20N2O3S/c1-24-15-4-2-14(3-5-15)21-10-13(8-18(21)22)20-19(23)17-9-16(17)12-6-7-25-11-12/h2-7,11,13,16-17H,8-10H2,1H3,(H,20,23)/t13?,16-,17+/m0/s1. The molecule has 1 saturated heterocycles. The van der Waals surface area contributed by atoms with Crippen LogP contribution in [0.25, 0.3) is 0 Å². The van der Waals surface area contributed by atoms with Crippen LogP contribution in [0.3, 0.4) is 0 Å². The zero-order valence-corrected chi connectivity index (χ0v) is 14.8.